The fraction of sp³-hybridized carbons (Fsp3) is 0.562. The lowest BCUT2D eigenvalue weighted by Gasteiger charge is -2.34. The average molecular weight is 459 g/mol. The lowest BCUT2D eigenvalue weighted by Crippen LogP contribution is -2.46. The predicted octanol–water partition coefficient (Wildman–Crippen LogP) is 1.65. The Kier molecular flexibility index (Phi) is 7.76. The van der Waals surface area contributed by atoms with Crippen molar-refractivity contribution in [2.75, 3.05) is 42.8 Å². The number of halogens is 3. The summed E-state index contributed by atoms with van der Waals surface area (Å²) >= 11 is 0. The van der Waals surface area contributed by atoms with Crippen molar-refractivity contribution >= 4 is 32.1 Å². The Labute approximate surface area is 169 Å². The van der Waals surface area contributed by atoms with Crippen LogP contribution in [0.5, 0.6) is 0 Å². The largest absolute Gasteiger partial charge is 0.501 e. The second-order valence-electron chi connectivity index (χ2n) is 6.84. The summed E-state index contributed by atoms with van der Waals surface area (Å²) in [6.07, 6.45) is -0.349. The first-order chi connectivity index (χ1) is 13.4. The van der Waals surface area contributed by atoms with Crippen LogP contribution in [-0.2, 0) is 25.5 Å². The third kappa shape index (κ3) is 6.46. The van der Waals surface area contributed by atoms with Crippen LogP contribution < -0.4 is 10.0 Å². The summed E-state index contributed by atoms with van der Waals surface area (Å²) in [5.41, 5.74) is -6.11. The van der Waals surface area contributed by atoms with Gasteiger partial charge in [-0.15, -0.1) is 0 Å². The number of alkyl halides is 3. The van der Waals surface area contributed by atoms with Crippen LogP contribution in [0.2, 0.25) is 0 Å². The van der Waals surface area contributed by atoms with E-state index in [-0.39, 0.29) is 24.0 Å². The number of benzene rings is 1. The van der Waals surface area contributed by atoms with Gasteiger partial charge < -0.3 is 10.1 Å². The highest BCUT2D eigenvalue weighted by atomic mass is 32.2. The molecule has 1 saturated heterocycles. The van der Waals surface area contributed by atoms with Crippen LogP contribution in [0.4, 0.5) is 24.5 Å². The van der Waals surface area contributed by atoms with E-state index in [2.05, 4.69) is 10.2 Å². The van der Waals surface area contributed by atoms with E-state index in [1.165, 1.54) is 12.0 Å². The highest BCUT2D eigenvalue weighted by Crippen LogP contribution is 2.36. The number of nitrogens with one attached hydrogen (secondary N) is 2. The molecule has 29 heavy (non-hydrogen) atoms. The first-order valence-electron chi connectivity index (χ1n) is 8.63. The van der Waals surface area contributed by atoms with Crippen molar-refractivity contribution < 1.29 is 34.7 Å². The van der Waals surface area contributed by atoms with E-state index in [4.69, 9.17) is 4.74 Å². The maximum atomic E-state index is 13.1. The van der Waals surface area contributed by atoms with Crippen molar-refractivity contribution in [1.29, 1.82) is 0 Å². The molecule has 13 heteroatoms. The summed E-state index contributed by atoms with van der Waals surface area (Å²) in [6.45, 7) is 6.54. The summed E-state index contributed by atoms with van der Waals surface area (Å²) < 4.78 is 92.1. The number of rotatable bonds is 8. The van der Waals surface area contributed by atoms with Crippen molar-refractivity contribution in [3.8, 4) is 0 Å². The lowest BCUT2D eigenvalue weighted by atomic mass is 10.1. The molecule has 1 aromatic rings. The molecule has 1 aliphatic heterocycles. The number of hydrogen-bond acceptors (Lipinski definition) is 7. The average Bonchev–Trinajstić information content (AvgIpc) is 2.58. The molecule has 1 fully saturated rings. The maximum absolute atomic E-state index is 13.1. The summed E-state index contributed by atoms with van der Waals surface area (Å²) in [6, 6.07) is 2.90. The number of ether oxygens (including phenoxy) is 1. The quantitative estimate of drug-likeness (QED) is 0.509. The number of hydrogen-bond donors (Lipinski definition) is 3. The molecule has 1 aliphatic rings. The molecule has 2 N–H and O–H groups in total. The van der Waals surface area contributed by atoms with E-state index in [0.717, 1.165) is 19.2 Å². The van der Waals surface area contributed by atoms with E-state index in [1.807, 2.05) is 18.6 Å². The molecular formula is C16H23F3N3O5S2. The molecule has 0 spiro atoms. The predicted molar refractivity (Wildman–Crippen MR) is 103 cm³/mol. The molecule has 1 heterocycles. The van der Waals surface area contributed by atoms with Crippen LogP contribution in [0.1, 0.15) is 13.8 Å². The van der Waals surface area contributed by atoms with Crippen molar-refractivity contribution in [3.63, 3.8) is 0 Å². The van der Waals surface area contributed by atoms with E-state index >= 15 is 0 Å². The number of nitrogens with zero attached hydrogens (tertiary/aromatic N) is 1. The van der Waals surface area contributed by atoms with Crippen LogP contribution in [0.25, 0.3) is 0 Å². The number of thiol groups is 1. The minimum absolute atomic E-state index is 0.0855. The highest BCUT2D eigenvalue weighted by molar-refractivity contribution is 7.92. The number of morpholine rings is 1. The Morgan fingerprint density at radius 2 is 2.00 bits per heavy atom. The van der Waals surface area contributed by atoms with E-state index in [0.29, 0.717) is 19.2 Å². The second-order valence-corrected chi connectivity index (χ2v) is 9.49. The molecule has 1 radical (unpaired) electrons. The van der Waals surface area contributed by atoms with Crippen molar-refractivity contribution in [3.05, 3.63) is 24.1 Å². The van der Waals surface area contributed by atoms with Gasteiger partial charge in [0.2, 0.25) is 10.9 Å². The van der Waals surface area contributed by atoms with Crippen LogP contribution in [0.15, 0.2) is 23.1 Å². The van der Waals surface area contributed by atoms with Gasteiger partial charge in [0.25, 0.3) is 9.84 Å². The van der Waals surface area contributed by atoms with Gasteiger partial charge in [0.1, 0.15) is 4.90 Å². The van der Waals surface area contributed by atoms with Crippen LogP contribution >= 0.6 is 0 Å². The molecule has 2 rings (SSSR count). The third-order valence-electron chi connectivity index (χ3n) is 4.08. The zero-order chi connectivity index (χ0) is 21.8. The molecule has 1 aromatic carbocycles. The normalized spacial score (nSPS) is 18.9. The molecule has 1 unspecified atom stereocenters. The van der Waals surface area contributed by atoms with Crippen molar-refractivity contribution in [2.24, 2.45) is 0 Å². The molecule has 0 aromatic heterocycles. The molecule has 0 aliphatic carbocycles. The summed E-state index contributed by atoms with van der Waals surface area (Å²) in [5, 5.41) is 2.70. The Balaban J connectivity index is 2.23. The molecule has 165 valence electrons. The highest BCUT2D eigenvalue weighted by Gasteiger charge is 2.48. The minimum Gasteiger partial charge on any atom is -0.381 e. The number of sulfone groups is 1. The topological polar surface area (TPSA) is 105 Å². The van der Waals surface area contributed by atoms with Crippen LogP contribution in [-0.4, -0.2) is 66.1 Å². The zero-order valence-electron chi connectivity index (χ0n) is 15.8. The van der Waals surface area contributed by atoms with Gasteiger partial charge in [0.05, 0.1) is 18.4 Å². The van der Waals surface area contributed by atoms with E-state index in [9.17, 15) is 30.0 Å². The Morgan fingerprint density at radius 1 is 1.31 bits per heavy atom. The van der Waals surface area contributed by atoms with Crippen LogP contribution in [0, 0.1) is 5.92 Å². The van der Waals surface area contributed by atoms with Crippen molar-refractivity contribution in [1.82, 2.24) is 4.90 Å². The lowest BCUT2D eigenvalue weighted by molar-refractivity contribution is -0.0435. The van der Waals surface area contributed by atoms with E-state index in [1.54, 1.807) is 0 Å². The minimum atomic E-state index is -5.70. The van der Waals surface area contributed by atoms with Crippen LogP contribution in [0.3, 0.4) is 0 Å². The molecule has 0 bridgehead atoms. The Morgan fingerprint density at radius 3 is 2.59 bits per heavy atom. The standard InChI is InChI=1S/C16H23F3N3O5S2/c1-11(2)9-22-5-6-27-13(10-22)8-20-14-4-3-12(21-28(23)24)7-15(14)29(25,26)16(17,18)19/h3-4,7,13,20,28H,5-6,8-10H2,1-2H3,(H,21,23,24). The van der Waals surface area contributed by atoms with Gasteiger partial charge in [-0.1, -0.05) is 13.8 Å². The van der Waals surface area contributed by atoms with Gasteiger partial charge >= 0.3 is 5.51 Å². The maximum Gasteiger partial charge on any atom is 0.501 e. The second kappa shape index (κ2) is 9.49. The van der Waals surface area contributed by atoms with Gasteiger partial charge in [0.15, 0.2) is 0 Å². The molecule has 0 amide bonds. The fourth-order valence-electron chi connectivity index (χ4n) is 2.91. The van der Waals surface area contributed by atoms with Gasteiger partial charge in [0, 0.05) is 31.9 Å². The van der Waals surface area contributed by atoms with Gasteiger partial charge in [-0.2, -0.15) is 13.2 Å². The third-order valence-corrected chi connectivity index (χ3v) is 6.05. The van der Waals surface area contributed by atoms with Gasteiger partial charge in [-0.25, -0.2) is 16.8 Å². The fourth-order valence-corrected chi connectivity index (χ4v) is 4.22. The smallest absolute Gasteiger partial charge is 0.381 e. The Hall–Kier alpha value is -1.57. The first-order valence-corrected chi connectivity index (χ1v) is 11.3. The molecule has 1 atom stereocenters. The SMILES string of the molecule is C[C](C)CN1CCOC(CNc2ccc(N[SH](=O)=O)cc2S(=O)(=O)C(F)(F)F)C1. The van der Waals surface area contributed by atoms with E-state index < -0.39 is 31.1 Å². The zero-order valence-corrected chi connectivity index (χ0v) is 17.5. The first kappa shape index (κ1) is 23.7. The summed E-state index contributed by atoms with van der Waals surface area (Å²) in [4.78, 5) is 1.08. The monoisotopic (exact) mass is 458 g/mol. The van der Waals surface area contributed by atoms with Gasteiger partial charge in [-0.05, 0) is 24.1 Å². The summed E-state index contributed by atoms with van der Waals surface area (Å²) in [5.74, 6) is 1.21. The summed E-state index contributed by atoms with van der Waals surface area (Å²) in [7, 11) is -8.87. The number of anilines is 2. The molecule has 8 nitrogen and oxygen atoms in total. The molecule has 0 saturated carbocycles. The van der Waals surface area contributed by atoms with Gasteiger partial charge in [-0.3, -0.25) is 9.62 Å². The Bertz CT molecular complexity index is 880. The molecular weight excluding hydrogens is 435 g/mol. The van der Waals surface area contributed by atoms with Crippen molar-refractivity contribution in [2.45, 2.75) is 30.4 Å².